The highest BCUT2D eigenvalue weighted by molar-refractivity contribution is 5.83. The number of carboxylic acids is 1. The van der Waals surface area contributed by atoms with E-state index in [1.807, 2.05) is 20.9 Å². The van der Waals surface area contributed by atoms with E-state index in [0.717, 1.165) is 17.0 Å². The largest absolute Gasteiger partial charge is 0.480 e. The SMILES string of the molecule is C#CCC(NC(=O)CCc1c(C)nn(C)c1C)C(=O)O. The van der Waals surface area contributed by atoms with Crippen LogP contribution in [0.3, 0.4) is 0 Å². The Morgan fingerprint density at radius 2 is 2.15 bits per heavy atom. The number of rotatable bonds is 6. The monoisotopic (exact) mass is 277 g/mol. The molecule has 1 atom stereocenters. The van der Waals surface area contributed by atoms with Crippen molar-refractivity contribution in [3.63, 3.8) is 0 Å². The smallest absolute Gasteiger partial charge is 0.327 e. The molecule has 0 spiro atoms. The molecule has 1 unspecified atom stereocenters. The third-order valence-corrected chi connectivity index (χ3v) is 3.22. The molecule has 0 aliphatic heterocycles. The van der Waals surface area contributed by atoms with E-state index in [1.165, 1.54) is 0 Å². The second-order valence-electron chi connectivity index (χ2n) is 4.64. The highest BCUT2D eigenvalue weighted by Gasteiger charge is 2.19. The van der Waals surface area contributed by atoms with Crippen molar-refractivity contribution >= 4 is 11.9 Å². The minimum absolute atomic E-state index is 0.0218. The molecular formula is C14H19N3O3. The first kappa shape index (κ1) is 15.8. The number of carbonyl (C=O) groups excluding carboxylic acids is 1. The van der Waals surface area contributed by atoms with E-state index in [-0.39, 0.29) is 18.7 Å². The number of aliphatic carboxylic acids is 1. The van der Waals surface area contributed by atoms with Gasteiger partial charge in [0.25, 0.3) is 0 Å². The third-order valence-electron chi connectivity index (χ3n) is 3.22. The van der Waals surface area contributed by atoms with Crippen LogP contribution in [0.15, 0.2) is 0 Å². The summed E-state index contributed by atoms with van der Waals surface area (Å²) in [6.45, 7) is 3.82. The quantitative estimate of drug-likeness (QED) is 0.744. The number of nitrogens with zero attached hydrogens (tertiary/aromatic N) is 2. The van der Waals surface area contributed by atoms with E-state index in [2.05, 4.69) is 16.3 Å². The molecule has 1 amide bonds. The van der Waals surface area contributed by atoms with Gasteiger partial charge in [-0.2, -0.15) is 5.10 Å². The summed E-state index contributed by atoms with van der Waals surface area (Å²) in [6, 6.07) is -1.02. The molecule has 108 valence electrons. The lowest BCUT2D eigenvalue weighted by atomic mass is 10.1. The minimum Gasteiger partial charge on any atom is -0.480 e. The van der Waals surface area contributed by atoms with Crippen LogP contribution in [0.2, 0.25) is 0 Å². The molecule has 0 aliphatic rings. The van der Waals surface area contributed by atoms with Gasteiger partial charge in [0.15, 0.2) is 0 Å². The van der Waals surface area contributed by atoms with Crippen molar-refractivity contribution in [2.45, 2.75) is 39.2 Å². The van der Waals surface area contributed by atoms with Crippen LogP contribution < -0.4 is 5.32 Å². The molecule has 0 saturated carbocycles. The van der Waals surface area contributed by atoms with Crippen LogP contribution in [0.5, 0.6) is 0 Å². The van der Waals surface area contributed by atoms with Crippen LogP contribution in [0.4, 0.5) is 0 Å². The summed E-state index contributed by atoms with van der Waals surface area (Å²) in [7, 11) is 1.85. The summed E-state index contributed by atoms with van der Waals surface area (Å²) in [5.41, 5.74) is 2.91. The second-order valence-corrected chi connectivity index (χ2v) is 4.64. The maximum atomic E-state index is 11.8. The Balaban J connectivity index is 2.59. The van der Waals surface area contributed by atoms with Gasteiger partial charge < -0.3 is 10.4 Å². The number of hydrogen-bond donors (Lipinski definition) is 2. The number of hydrogen-bond acceptors (Lipinski definition) is 3. The van der Waals surface area contributed by atoms with E-state index in [1.54, 1.807) is 4.68 Å². The first-order chi connectivity index (χ1) is 9.36. The van der Waals surface area contributed by atoms with Crippen molar-refractivity contribution < 1.29 is 14.7 Å². The van der Waals surface area contributed by atoms with Crippen LogP contribution in [0.1, 0.15) is 29.8 Å². The first-order valence-corrected chi connectivity index (χ1v) is 6.31. The fourth-order valence-corrected chi connectivity index (χ4v) is 2.00. The zero-order valence-electron chi connectivity index (χ0n) is 11.9. The summed E-state index contributed by atoms with van der Waals surface area (Å²) in [6.07, 6.45) is 5.79. The fraction of sp³-hybridized carbons (Fsp3) is 0.500. The van der Waals surface area contributed by atoms with Crippen molar-refractivity contribution in [3.05, 3.63) is 17.0 Å². The zero-order chi connectivity index (χ0) is 15.3. The van der Waals surface area contributed by atoms with Gasteiger partial charge in [0.05, 0.1) is 5.69 Å². The summed E-state index contributed by atoms with van der Waals surface area (Å²) < 4.78 is 1.76. The lowest BCUT2D eigenvalue weighted by Crippen LogP contribution is -2.40. The average molecular weight is 277 g/mol. The maximum Gasteiger partial charge on any atom is 0.327 e. The molecular weight excluding hydrogens is 258 g/mol. The molecule has 0 bridgehead atoms. The molecule has 0 aliphatic carbocycles. The molecule has 0 saturated heterocycles. The molecule has 0 fully saturated rings. The lowest BCUT2D eigenvalue weighted by molar-refractivity contribution is -0.141. The molecule has 6 nitrogen and oxygen atoms in total. The Morgan fingerprint density at radius 3 is 2.60 bits per heavy atom. The van der Waals surface area contributed by atoms with Crippen LogP contribution in [0, 0.1) is 26.2 Å². The normalized spacial score (nSPS) is 11.7. The molecule has 2 N–H and O–H groups in total. The Bertz CT molecular complexity index is 555. The Labute approximate surface area is 118 Å². The molecule has 20 heavy (non-hydrogen) atoms. The van der Waals surface area contributed by atoms with Gasteiger partial charge in [-0.05, 0) is 25.8 Å². The molecule has 1 aromatic heterocycles. The third kappa shape index (κ3) is 3.85. The molecule has 0 radical (unpaired) electrons. The van der Waals surface area contributed by atoms with E-state index in [0.29, 0.717) is 6.42 Å². The van der Waals surface area contributed by atoms with Crippen LogP contribution in [-0.2, 0) is 23.1 Å². The van der Waals surface area contributed by atoms with Crippen LogP contribution >= 0.6 is 0 Å². The topological polar surface area (TPSA) is 84.2 Å². The standard InChI is InChI=1S/C14H19N3O3/c1-5-6-12(14(19)20)15-13(18)8-7-11-9(2)16-17(4)10(11)3/h1,12H,6-8H2,2-4H3,(H,15,18)(H,19,20). The summed E-state index contributed by atoms with van der Waals surface area (Å²) in [5.74, 6) is 0.797. The molecule has 1 heterocycles. The second kappa shape index (κ2) is 6.75. The van der Waals surface area contributed by atoms with Crippen molar-refractivity contribution in [2.75, 3.05) is 0 Å². The summed E-state index contributed by atoms with van der Waals surface area (Å²) in [4.78, 5) is 22.7. The number of carboxylic acid groups (broad SMARTS) is 1. The Morgan fingerprint density at radius 1 is 1.50 bits per heavy atom. The minimum atomic E-state index is -1.12. The van der Waals surface area contributed by atoms with Crippen LogP contribution in [-0.4, -0.2) is 32.8 Å². The predicted octanol–water partition coefficient (Wildman–Crippen LogP) is 0.562. The molecule has 0 aromatic carbocycles. The van der Waals surface area contributed by atoms with Gasteiger partial charge in [0.1, 0.15) is 6.04 Å². The maximum absolute atomic E-state index is 11.8. The number of aryl methyl sites for hydroxylation is 2. The molecule has 6 heteroatoms. The molecule has 1 aromatic rings. The summed E-state index contributed by atoms with van der Waals surface area (Å²) >= 11 is 0. The van der Waals surface area contributed by atoms with Gasteiger partial charge >= 0.3 is 5.97 Å². The highest BCUT2D eigenvalue weighted by atomic mass is 16.4. The Kier molecular flexibility index (Phi) is 5.32. The zero-order valence-corrected chi connectivity index (χ0v) is 11.9. The predicted molar refractivity (Wildman–Crippen MR) is 74.0 cm³/mol. The van der Waals surface area contributed by atoms with Gasteiger partial charge in [0, 0.05) is 25.6 Å². The fourth-order valence-electron chi connectivity index (χ4n) is 2.00. The van der Waals surface area contributed by atoms with Gasteiger partial charge in [-0.1, -0.05) is 0 Å². The average Bonchev–Trinajstić information content (AvgIpc) is 2.60. The molecule has 1 rings (SSSR count). The van der Waals surface area contributed by atoms with Gasteiger partial charge in [-0.3, -0.25) is 9.48 Å². The van der Waals surface area contributed by atoms with Crippen molar-refractivity contribution in [1.29, 1.82) is 0 Å². The summed E-state index contributed by atoms with van der Waals surface area (Å²) in [5, 5.41) is 15.6. The van der Waals surface area contributed by atoms with Crippen molar-refractivity contribution in [1.82, 2.24) is 15.1 Å². The lowest BCUT2D eigenvalue weighted by Gasteiger charge is -2.11. The van der Waals surface area contributed by atoms with Crippen molar-refractivity contribution in [3.8, 4) is 12.3 Å². The highest BCUT2D eigenvalue weighted by Crippen LogP contribution is 2.13. The van der Waals surface area contributed by atoms with Crippen molar-refractivity contribution in [2.24, 2.45) is 7.05 Å². The van der Waals surface area contributed by atoms with E-state index in [4.69, 9.17) is 11.5 Å². The Hall–Kier alpha value is -2.29. The van der Waals surface area contributed by atoms with Gasteiger partial charge in [-0.25, -0.2) is 4.79 Å². The van der Waals surface area contributed by atoms with Gasteiger partial charge in [0.2, 0.25) is 5.91 Å². The number of terminal acetylenes is 1. The van der Waals surface area contributed by atoms with E-state index < -0.39 is 12.0 Å². The number of nitrogens with one attached hydrogen (secondary N) is 1. The number of carbonyl (C=O) groups is 2. The van der Waals surface area contributed by atoms with E-state index in [9.17, 15) is 9.59 Å². The number of amides is 1. The number of aromatic nitrogens is 2. The van der Waals surface area contributed by atoms with Crippen LogP contribution in [0.25, 0.3) is 0 Å². The first-order valence-electron chi connectivity index (χ1n) is 6.31. The van der Waals surface area contributed by atoms with Gasteiger partial charge in [-0.15, -0.1) is 12.3 Å². The van der Waals surface area contributed by atoms with E-state index >= 15 is 0 Å².